The van der Waals surface area contributed by atoms with Crippen LogP contribution in [0.4, 0.5) is 0 Å². The van der Waals surface area contributed by atoms with E-state index in [9.17, 15) is 43.2 Å². The predicted octanol–water partition coefficient (Wildman–Crippen LogP) is 0.186. The summed E-state index contributed by atoms with van der Waals surface area (Å²) in [6, 6.07) is 7.52. The molecule has 0 radical (unpaired) electrons. The zero-order valence-electron chi connectivity index (χ0n) is 46.6. The van der Waals surface area contributed by atoms with Crippen molar-refractivity contribution in [3.8, 4) is 5.75 Å². The SMILES string of the molecule is CCOc1ccc(C[C@@H](NC(=O)CC23CC4CC(CC(C4)C2)C3)C(=O)N[C@@H](Cc2ccccc2)C(=O)N[C@H](C(=O)N[C@@H](CC(N)=O)C(=O)N[C@@H](CCCN)C(=O)N2CCC[C@@H]2C(=O)N[C@@H](CCCN=C(N)N)C(N)=O)C(C)C)cc1. The van der Waals surface area contributed by atoms with Gasteiger partial charge in [0.25, 0.3) is 0 Å². The van der Waals surface area contributed by atoms with E-state index in [2.05, 4.69) is 36.9 Å². The van der Waals surface area contributed by atoms with Crippen LogP contribution in [0.15, 0.2) is 59.6 Å². The van der Waals surface area contributed by atoms with E-state index in [-0.39, 0.29) is 75.4 Å². The van der Waals surface area contributed by atoms with E-state index in [0.29, 0.717) is 54.9 Å². The maximum Gasteiger partial charge on any atom is 0.245 e. The quantitative estimate of drug-likeness (QED) is 0.0273. The number of carbonyl (C=O) groups is 9. The first-order chi connectivity index (χ1) is 38.2. The number of ether oxygens (including phenoxy) is 1. The van der Waals surface area contributed by atoms with Gasteiger partial charge in [0, 0.05) is 32.4 Å². The van der Waals surface area contributed by atoms with E-state index in [1.807, 2.05) is 25.1 Å². The number of guanidine groups is 1. The monoisotopic (exact) mass is 1110 g/mol. The minimum absolute atomic E-state index is 0.00127. The summed E-state index contributed by atoms with van der Waals surface area (Å²) in [5.74, 6) is -4.66. The Morgan fingerprint density at radius 1 is 0.675 bits per heavy atom. The van der Waals surface area contributed by atoms with Gasteiger partial charge in [-0.05, 0) is 143 Å². The minimum Gasteiger partial charge on any atom is -0.494 e. The number of rotatable bonds is 31. The van der Waals surface area contributed by atoms with Gasteiger partial charge in [-0.3, -0.25) is 48.1 Å². The van der Waals surface area contributed by atoms with Gasteiger partial charge in [-0.25, -0.2) is 0 Å². The van der Waals surface area contributed by atoms with Crippen molar-refractivity contribution in [2.24, 2.45) is 62.7 Å². The van der Waals surface area contributed by atoms with Crippen LogP contribution in [-0.2, 0) is 56.0 Å². The van der Waals surface area contributed by atoms with E-state index in [4.69, 9.17) is 33.4 Å². The number of nitrogens with zero attached hydrogens (tertiary/aromatic N) is 2. The number of nitrogens with two attached hydrogens (primary N) is 5. The molecule has 438 valence electrons. The number of nitrogens with one attached hydrogen (secondary N) is 6. The topological polar surface area (TPSA) is 381 Å². The molecule has 4 bridgehead atoms. The number of aliphatic imine (C=N–C) groups is 1. The lowest BCUT2D eigenvalue weighted by atomic mass is 9.49. The zero-order chi connectivity index (χ0) is 58.1. The lowest BCUT2D eigenvalue weighted by Crippen LogP contribution is -2.61. The van der Waals surface area contributed by atoms with Gasteiger partial charge in [0.05, 0.1) is 13.0 Å². The molecule has 16 N–H and O–H groups in total. The van der Waals surface area contributed by atoms with E-state index >= 15 is 0 Å². The molecule has 2 aromatic rings. The van der Waals surface area contributed by atoms with Crippen molar-refractivity contribution in [3.05, 3.63) is 65.7 Å². The number of likely N-dealkylation sites (tertiary alicyclic amines) is 1. The van der Waals surface area contributed by atoms with Crippen molar-refractivity contribution in [1.82, 2.24) is 36.8 Å². The molecular formula is C57H85N13O10. The Bertz CT molecular complexity index is 2490. The lowest BCUT2D eigenvalue weighted by molar-refractivity contribution is -0.142. The predicted molar refractivity (Wildman–Crippen MR) is 299 cm³/mol. The molecule has 7 atom stereocenters. The van der Waals surface area contributed by atoms with E-state index < -0.39 is 102 Å². The molecule has 1 heterocycles. The number of primary amides is 2. The summed E-state index contributed by atoms with van der Waals surface area (Å²) in [4.78, 5) is 130. The van der Waals surface area contributed by atoms with Crippen molar-refractivity contribution in [2.45, 2.75) is 166 Å². The standard InChI is InChI=1S/C57H85N13O10/c1-4-80-39-18-16-35(17-19-39)27-42(64-47(72)32-57-29-36-23-37(30-57)25-38(24-36)31-57)50(74)67-43(26-34-11-6-5-7-12-34)52(76)69-48(33(2)3)54(78)68-44(28-46(59)71)51(75)66-41(13-8-20-58)55(79)70-22-10-15-45(70)53(77)65-40(49(60)73)14-9-21-63-56(61)62/h5-7,11-12,16-19,33,36-38,40-45,48H,4,8-10,13-15,20-32,58H2,1-3H3,(H2,59,71)(H2,60,73)(H,64,72)(H,65,77)(H,66,75)(H,67,74)(H,68,78)(H,69,76)(H4,61,62,63)/t36?,37?,38?,40-,41-,42+,43-,44-,45+,48-,57?/m0/s1. The Hall–Kier alpha value is -7.30. The molecule has 4 saturated carbocycles. The molecule has 5 fully saturated rings. The van der Waals surface area contributed by atoms with Crippen LogP contribution in [-0.4, -0.2) is 133 Å². The average molecular weight is 1110 g/mol. The highest BCUT2D eigenvalue weighted by Gasteiger charge is 2.52. The molecule has 9 amide bonds. The van der Waals surface area contributed by atoms with Gasteiger partial charge in [0.2, 0.25) is 53.2 Å². The second-order valence-corrected chi connectivity index (χ2v) is 22.8. The normalized spacial score (nSPS) is 22.1. The van der Waals surface area contributed by atoms with Gasteiger partial charge < -0.3 is 70.2 Å². The van der Waals surface area contributed by atoms with Crippen molar-refractivity contribution in [3.63, 3.8) is 0 Å². The van der Waals surface area contributed by atoms with Crippen LogP contribution in [0.2, 0.25) is 0 Å². The third kappa shape index (κ3) is 17.9. The molecule has 5 aliphatic rings. The Balaban J connectivity index is 1.17. The highest BCUT2D eigenvalue weighted by Crippen LogP contribution is 2.61. The summed E-state index contributed by atoms with van der Waals surface area (Å²) in [5, 5.41) is 16.6. The van der Waals surface area contributed by atoms with Gasteiger partial charge in [0.1, 0.15) is 48.0 Å². The summed E-state index contributed by atoms with van der Waals surface area (Å²) in [6.07, 6.45) is 7.78. The highest BCUT2D eigenvalue weighted by molar-refractivity contribution is 5.99. The second-order valence-electron chi connectivity index (χ2n) is 22.8. The summed E-state index contributed by atoms with van der Waals surface area (Å²) in [5.41, 5.74) is 29.2. The van der Waals surface area contributed by atoms with Crippen LogP contribution in [0.1, 0.15) is 122 Å². The maximum absolute atomic E-state index is 14.7. The molecule has 4 aliphatic carbocycles. The van der Waals surface area contributed by atoms with Gasteiger partial charge in [-0.2, -0.15) is 0 Å². The third-order valence-electron chi connectivity index (χ3n) is 16.0. The van der Waals surface area contributed by atoms with Crippen molar-refractivity contribution < 1.29 is 47.9 Å². The Morgan fingerprint density at radius 3 is 1.81 bits per heavy atom. The first-order valence-corrected chi connectivity index (χ1v) is 28.4. The molecule has 0 spiro atoms. The van der Waals surface area contributed by atoms with Gasteiger partial charge >= 0.3 is 0 Å². The number of amides is 9. The van der Waals surface area contributed by atoms with Crippen molar-refractivity contribution in [2.75, 3.05) is 26.2 Å². The van der Waals surface area contributed by atoms with Gasteiger partial charge in [-0.15, -0.1) is 0 Å². The fraction of sp³-hybridized carbons (Fsp3) is 0.614. The lowest BCUT2D eigenvalue weighted by Gasteiger charge is -2.56. The van der Waals surface area contributed by atoms with Crippen LogP contribution in [0, 0.1) is 29.1 Å². The summed E-state index contributed by atoms with van der Waals surface area (Å²) in [7, 11) is 0. The van der Waals surface area contributed by atoms with Crippen LogP contribution < -0.4 is 65.3 Å². The van der Waals surface area contributed by atoms with E-state index in [0.717, 1.165) is 24.8 Å². The first kappa shape index (κ1) is 61.9. The number of benzene rings is 2. The molecule has 0 unspecified atom stereocenters. The minimum atomic E-state index is -1.63. The molecule has 23 heteroatoms. The van der Waals surface area contributed by atoms with Crippen molar-refractivity contribution >= 4 is 59.1 Å². The van der Waals surface area contributed by atoms with E-state index in [1.165, 1.54) is 24.2 Å². The Morgan fingerprint density at radius 2 is 1.24 bits per heavy atom. The van der Waals surface area contributed by atoms with Crippen LogP contribution in [0.25, 0.3) is 0 Å². The fourth-order valence-corrected chi connectivity index (χ4v) is 12.6. The van der Waals surface area contributed by atoms with Crippen LogP contribution in [0.3, 0.4) is 0 Å². The molecule has 1 saturated heterocycles. The maximum atomic E-state index is 14.7. The smallest absolute Gasteiger partial charge is 0.245 e. The molecule has 0 aromatic heterocycles. The molecule has 2 aromatic carbocycles. The molecule has 1 aliphatic heterocycles. The number of hydrogen-bond acceptors (Lipinski definition) is 12. The largest absolute Gasteiger partial charge is 0.494 e. The van der Waals surface area contributed by atoms with Gasteiger partial charge in [-0.1, -0.05) is 56.3 Å². The summed E-state index contributed by atoms with van der Waals surface area (Å²) < 4.78 is 5.65. The number of carbonyl (C=O) groups excluding carboxylic acids is 9. The van der Waals surface area contributed by atoms with E-state index in [1.54, 1.807) is 50.2 Å². The molecule has 23 nitrogen and oxygen atoms in total. The Kier molecular flexibility index (Phi) is 22.6. The third-order valence-corrected chi connectivity index (χ3v) is 16.0. The average Bonchev–Trinajstić information content (AvgIpc) is 3.93. The van der Waals surface area contributed by atoms with Crippen LogP contribution in [0.5, 0.6) is 5.75 Å². The van der Waals surface area contributed by atoms with Gasteiger partial charge in [0.15, 0.2) is 5.96 Å². The zero-order valence-corrected chi connectivity index (χ0v) is 46.6. The summed E-state index contributed by atoms with van der Waals surface area (Å²) in [6.45, 7) is 6.13. The Labute approximate surface area is 468 Å². The molecule has 80 heavy (non-hydrogen) atoms. The first-order valence-electron chi connectivity index (χ1n) is 28.4. The number of hydrogen-bond donors (Lipinski definition) is 11. The summed E-state index contributed by atoms with van der Waals surface area (Å²) >= 11 is 0. The molecular weight excluding hydrogens is 1030 g/mol. The second kappa shape index (κ2) is 29.2. The van der Waals surface area contributed by atoms with Crippen molar-refractivity contribution in [1.29, 1.82) is 0 Å². The highest BCUT2D eigenvalue weighted by atomic mass is 16.5. The van der Waals surface area contributed by atoms with Crippen LogP contribution >= 0.6 is 0 Å². The molecule has 7 rings (SSSR count). The fourth-order valence-electron chi connectivity index (χ4n) is 12.6.